The van der Waals surface area contributed by atoms with E-state index in [1.807, 2.05) is 43.3 Å². The highest BCUT2D eigenvalue weighted by atomic mass is 16.5. The number of nitriles is 1. The smallest absolute Gasteiger partial charge is 0.262 e. The van der Waals surface area contributed by atoms with Gasteiger partial charge in [-0.3, -0.25) is 4.79 Å². The van der Waals surface area contributed by atoms with Crippen LogP contribution in [0.2, 0.25) is 0 Å². The van der Waals surface area contributed by atoms with Crippen LogP contribution < -0.4 is 10.1 Å². The van der Waals surface area contributed by atoms with Gasteiger partial charge in [-0.2, -0.15) is 5.26 Å². The van der Waals surface area contributed by atoms with Crippen molar-refractivity contribution in [3.05, 3.63) is 65.2 Å². The lowest BCUT2D eigenvalue weighted by Crippen LogP contribution is -2.27. The molecule has 2 rings (SSSR count). The number of ether oxygens (including phenoxy) is 1. The van der Waals surface area contributed by atoms with E-state index in [1.165, 1.54) is 6.08 Å². The molecule has 5 nitrogen and oxygen atoms in total. The molecule has 0 radical (unpaired) electrons. The van der Waals surface area contributed by atoms with E-state index in [2.05, 4.69) is 5.32 Å². The van der Waals surface area contributed by atoms with E-state index < -0.39 is 5.91 Å². The minimum atomic E-state index is -0.500. The van der Waals surface area contributed by atoms with Crippen LogP contribution in [0.25, 0.3) is 6.08 Å². The molecular formula is C20H20N2O3. The molecule has 0 aromatic heterocycles. The van der Waals surface area contributed by atoms with Gasteiger partial charge in [0.15, 0.2) is 11.5 Å². The summed E-state index contributed by atoms with van der Waals surface area (Å²) >= 11 is 0. The van der Waals surface area contributed by atoms with Crippen molar-refractivity contribution in [3.8, 4) is 17.6 Å². The molecule has 0 saturated carbocycles. The Morgan fingerprint density at radius 1 is 1.28 bits per heavy atom. The largest absolute Gasteiger partial charge is 0.504 e. The third-order valence-electron chi connectivity index (χ3n) is 3.64. The lowest BCUT2D eigenvalue weighted by Gasteiger charge is -2.14. The van der Waals surface area contributed by atoms with Crippen molar-refractivity contribution in [2.45, 2.75) is 19.9 Å². The van der Waals surface area contributed by atoms with Crippen molar-refractivity contribution >= 4 is 12.0 Å². The number of carbonyl (C=O) groups is 1. The first kappa shape index (κ1) is 18.1. The maximum atomic E-state index is 12.4. The zero-order valence-corrected chi connectivity index (χ0v) is 14.2. The van der Waals surface area contributed by atoms with Gasteiger partial charge in [0.2, 0.25) is 0 Å². The fourth-order valence-electron chi connectivity index (χ4n) is 2.33. The summed E-state index contributed by atoms with van der Waals surface area (Å²) in [6.45, 7) is 4.05. The van der Waals surface area contributed by atoms with Crippen molar-refractivity contribution in [2.75, 3.05) is 6.61 Å². The first-order valence-electron chi connectivity index (χ1n) is 7.99. The number of para-hydroxylation sites is 1. The number of hydrogen-bond acceptors (Lipinski definition) is 4. The van der Waals surface area contributed by atoms with Crippen LogP contribution in [0.3, 0.4) is 0 Å². The lowest BCUT2D eigenvalue weighted by atomic mass is 10.1. The molecule has 0 aliphatic rings. The summed E-state index contributed by atoms with van der Waals surface area (Å²) in [5.41, 5.74) is 1.20. The molecule has 0 aliphatic heterocycles. The third kappa shape index (κ3) is 4.61. The SMILES string of the molecule is CCOc1cccc(/C=C(/C#N)C(=O)N[C@H](C)c2ccccc2)c1O. The van der Waals surface area contributed by atoms with Crippen LogP contribution in [0, 0.1) is 11.3 Å². The Morgan fingerprint density at radius 3 is 2.64 bits per heavy atom. The Morgan fingerprint density at radius 2 is 2.00 bits per heavy atom. The summed E-state index contributed by atoms with van der Waals surface area (Å²) in [6.07, 6.45) is 1.35. The van der Waals surface area contributed by atoms with Gasteiger partial charge in [0, 0.05) is 5.56 Å². The quantitative estimate of drug-likeness (QED) is 0.624. The van der Waals surface area contributed by atoms with Gasteiger partial charge < -0.3 is 15.2 Å². The van der Waals surface area contributed by atoms with Gasteiger partial charge in [-0.1, -0.05) is 42.5 Å². The summed E-state index contributed by atoms with van der Waals surface area (Å²) in [4.78, 5) is 12.4. The van der Waals surface area contributed by atoms with Gasteiger partial charge in [0.1, 0.15) is 11.6 Å². The van der Waals surface area contributed by atoms with Gasteiger partial charge in [0.25, 0.3) is 5.91 Å². The van der Waals surface area contributed by atoms with E-state index in [4.69, 9.17) is 4.74 Å². The van der Waals surface area contributed by atoms with E-state index in [-0.39, 0.29) is 17.4 Å². The molecule has 2 aromatic rings. The summed E-state index contributed by atoms with van der Waals surface area (Å²) in [6, 6.07) is 16.0. The van der Waals surface area contributed by atoms with Crippen LogP contribution >= 0.6 is 0 Å². The number of benzene rings is 2. The van der Waals surface area contributed by atoms with E-state index in [1.54, 1.807) is 25.1 Å². The molecule has 128 valence electrons. The number of nitrogens with zero attached hydrogens (tertiary/aromatic N) is 1. The summed E-state index contributed by atoms with van der Waals surface area (Å²) < 4.78 is 5.31. The molecule has 0 saturated heterocycles. The van der Waals surface area contributed by atoms with Crippen LogP contribution in [0.4, 0.5) is 0 Å². The molecule has 2 N–H and O–H groups in total. The number of rotatable bonds is 6. The molecular weight excluding hydrogens is 316 g/mol. The maximum Gasteiger partial charge on any atom is 0.262 e. The number of amides is 1. The van der Waals surface area contributed by atoms with Gasteiger partial charge in [-0.15, -0.1) is 0 Å². The molecule has 0 bridgehead atoms. The van der Waals surface area contributed by atoms with Crippen molar-refractivity contribution in [1.29, 1.82) is 5.26 Å². The molecule has 5 heteroatoms. The predicted octanol–water partition coefficient (Wildman–Crippen LogP) is 3.58. The van der Waals surface area contributed by atoms with E-state index in [9.17, 15) is 15.2 Å². The second kappa shape index (κ2) is 8.55. The molecule has 0 fully saturated rings. The van der Waals surface area contributed by atoms with Gasteiger partial charge in [0.05, 0.1) is 12.6 Å². The monoisotopic (exact) mass is 336 g/mol. The van der Waals surface area contributed by atoms with Gasteiger partial charge >= 0.3 is 0 Å². The number of phenols is 1. The van der Waals surface area contributed by atoms with Gasteiger partial charge in [-0.25, -0.2) is 0 Å². The lowest BCUT2D eigenvalue weighted by molar-refractivity contribution is -0.117. The summed E-state index contributed by atoms with van der Waals surface area (Å²) in [5.74, 6) is -0.285. The summed E-state index contributed by atoms with van der Waals surface area (Å²) in [7, 11) is 0. The van der Waals surface area contributed by atoms with Crippen LogP contribution in [0.1, 0.15) is 31.0 Å². The Bertz CT molecular complexity index is 807. The third-order valence-corrected chi connectivity index (χ3v) is 3.64. The zero-order valence-electron chi connectivity index (χ0n) is 14.2. The molecule has 1 amide bonds. The number of phenolic OH excluding ortho intramolecular Hbond substituents is 1. The second-order valence-electron chi connectivity index (χ2n) is 5.40. The van der Waals surface area contributed by atoms with Gasteiger partial charge in [-0.05, 0) is 31.6 Å². The Kier molecular flexibility index (Phi) is 6.19. The fraction of sp³-hybridized carbons (Fsp3) is 0.200. The molecule has 0 spiro atoms. The van der Waals surface area contributed by atoms with Crippen LogP contribution in [0.15, 0.2) is 54.1 Å². The zero-order chi connectivity index (χ0) is 18.2. The van der Waals surface area contributed by atoms with E-state index in [0.717, 1.165) is 5.56 Å². The Balaban J connectivity index is 2.21. The highest BCUT2D eigenvalue weighted by Crippen LogP contribution is 2.31. The van der Waals surface area contributed by atoms with Crippen LogP contribution in [0.5, 0.6) is 11.5 Å². The van der Waals surface area contributed by atoms with Crippen LogP contribution in [-0.4, -0.2) is 17.6 Å². The normalized spacial score (nSPS) is 12.1. The van der Waals surface area contributed by atoms with Crippen molar-refractivity contribution in [3.63, 3.8) is 0 Å². The second-order valence-corrected chi connectivity index (χ2v) is 5.40. The molecule has 0 aliphatic carbocycles. The van der Waals surface area contributed by atoms with E-state index >= 15 is 0 Å². The summed E-state index contributed by atoms with van der Waals surface area (Å²) in [5, 5.41) is 22.3. The Hall–Kier alpha value is -3.26. The average molecular weight is 336 g/mol. The number of hydrogen-bond donors (Lipinski definition) is 2. The molecule has 0 unspecified atom stereocenters. The molecule has 0 heterocycles. The molecule has 2 aromatic carbocycles. The first-order chi connectivity index (χ1) is 12.1. The standard InChI is InChI=1S/C20H20N2O3/c1-3-25-18-11-7-10-16(19(18)23)12-17(13-21)20(24)22-14(2)15-8-5-4-6-9-15/h4-12,14,23H,3H2,1-2H3,(H,22,24)/b17-12-/t14-/m1/s1. The van der Waals surface area contributed by atoms with Crippen LogP contribution in [-0.2, 0) is 4.79 Å². The number of carbonyl (C=O) groups excluding carboxylic acids is 1. The number of aromatic hydroxyl groups is 1. The first-order valence-corrected chi connectivity index (χ1v) is 7.99. The van der Waals surface area contributed by atoms with Crippen molar-refractivity contribution in [2.24, 2.45) is 0 Å². The topological polar surface area (TPSA) is 82.3 Å². The molecule has 1 atom stereocenters. The average Bonchev–Trinajstić information content (AvgIpc) is 2.63. The maximum absolute atomic E-state index is 12.4. The highest BCUT2D eigenvalue weighted by molar-refractivity contribution is 6.02. The van der Waals surface area contributed by atoms with Crippen molar-refractivity contribution < 1.29 is 14.6 Å². The fourth-order valence-corrected chi connectivity index (χ4v) is 2.33. The predicted molar refractivity (Wildman–Crippen MR) is 95.9 cm³/mol. The molecule has 25 heavy (non-hydrogen) atoms. The van der Waals surface area contributed by atoms with Crippen molar-refractivity contribution in [1.82, 2.24) is 5.32 Å². The number of nitrogens with one attached hydrogen (secondary N) is 1. The highest BCUT2D eigenvalue weighted by Gasteiger charge is 2.15. The Labute approximate surface area is 147 Å². The minimum absolute atomic E-state index is 0.0910. The van der Waals surface area contributed by atoms with E-state index in [0.29, 0.717) is 17.9 Å². The minimum Gasteiger partial charge on any atom is -0.504 e.